The molecule has 1 unspecified atom stereocenters. The number of piperidine rings is 2. The van der Waals surface area contributed by atoms with Gasteiger partial charge in [-0.1, -0.05) is 0 Å². The van der Waals surface area contributed by atoms with Gasteiger partial charge in [0.25, 0.3) is 0 Å². The van der Waals surface area contributed by atoms with Crippen molar-refractivity contribution in [1.82, 2.24) is 24.6 Å². The molecule has 168 valence electrons. The number of fused-ring (bicyclic) bond motifs is 3. The molecule has 4 atom stereocenters. The summed E-state index contributed by atoms with van der Waals surface area (Å²) in [7, 11) is 3.93. The molecular formula is C24H29FN6O. The summed E-state index contributed by atoms with van der Waals surface area (Å²) in [5.41, 5.74) is 2.46. The third kappa shape index (κ3) is 3.24. The zero-order valence-electron chi connectivity index (χ0n) is 18.9. The summed E-state index contributed by atoms with van der Waals surface area (Å²) < 4.78 is 17.4. The van der Waals surface area contributed by atoms with E-state index in [9.17, 15) is 5.11 Å². The first-order valence-electron chi connectivity index (χ1n) is 11.0. The number of anilines is 1. The summed E-state index contributed by atoms with van der Waals surface area (Å²) in [5, 5.41) is 19.3. The highest BCUT2D eigenvalue weighted by molar-refractivity contribution is 5.69. The molecule has 2 bridgehead atoms. The van der Waals surface area contributed by atoms with Gasteiger partial charge in [-0.25, -0.2) is 9.37 Å². The second-order valence-electron chi connectivity index (χ2n) is 9.44. The Bertz CT molecular complexity index is 1130. The number of hydrogen-bond acceptors (Lipinski definition) is 6. The van der Waals surface area contributed by atoms with Crippen molar-refractivity contribution in [3.05, 3.63) is 48.5 Å². The van der Waals surface area contributed by atoms with Gasteiger partial charge in [0.1, 0.15) is 11.9 Å². The van der Waals surface area contributed by atoms with Crippen LogP contribution in [0.4, 0.5) is 10.2 Å². The van der Waals surface area contributed by atoms with Crippen molar-refractivity contribution >= 4 is 5.82 Å². The number of hydrogen-bond donors (Lipinski definition) is 1. The first-order chi connectivity index (χ1) is 15.3. The largest absolute Gasteiger partial charge is 0.507 e. The van der Waals surface area contributed by atoms with E-state index in [2.05, 4.69) is 20.1 Å². The van der Waals surface area contributed by atoms with Crippen LogP contribution in [0.3, 0.4) is 0 Å². The third-order valence-electron chi connectivity index (χ3n) is 7.50. The highest BCUT2D eigenvalue weighted by atomic mass is 19.1. The lowest BCUT2D eigenvalue weighted by Crippen LogP contribution is -2.70. The average Bonchev–Trinajstić information content (AvgIpc) is 3.22. The van der Waals surface area contributed by atoms with Gasteiger partial charge in [0.05, 0.1) is 35.0 Å². The van der Waals surface area contributed by atoms with Crippen LogP contribution in [0, 0.1) is 12.8 Å². The molecule has 0 radical (unpaired) electrons. The van der Waals surface area contributed by atoms with Crippen molar-refractivity contribution in [2.24, 2.45) is 5.92 Å². The number of aryl methyl sites for hydroxylation is 1. The Morgan fingerprint density at radius 1 is 1.22 bits per heavy atom. The summed E-state index contributed by atoms with van der Waals surface area (Å²) >= 11 is 0. The van der Waals surface area contributed by atoms with Gasteiger partial charge < -0.3 is 14.6 Å². The van der Waals surface area contributed by atoms with Gasteiger partial charge in [-0.3, -0.25) is 4.90 Å². The maximum Gasteiger partial charge on any atom is 0.151 e. The Balaban J connectivity index is 1.38. The van der Waals surface area contributed by atoms with Crippen LogP contribution < -0.4 is 4.90 Å². The van der Waals surface area contributed by atoms with Crippen molar-refractivity contribution in [2.45, 2.75) is 44.4 Å². The molecule has 4 heterocycles. The minimum atomic E-state index is -0.949. The number of aromatic nitrogens is 4. The predicted molar refractivity (Wildman–Crippen MR) is 122 cm³/mol. The van der Waals surface area contributed by atoms with E-state index in [1.807, 2.05) is 67.9 Å². The number of nitrogens with zero attached hydrogens (tertiary/aromatic N) is 6. The molecule has 1 N–H and O–H groups in total. The molecule has 7 nitrogen and oxygen atoms in total. The fourth-order valence-corrected chi connectivity index (χ4v) is 5.34. The second kappa shape index (κ2) is 7.55. The van der Waals surface area contributed by atoms with E-state index in [-0.39, 0.29) is 17.7 Å². The van der Waals surface area contributed by atoms with E-state index in [0.29, 0.717) is 17.1 Å². The van der Waals surface area contributed by atoms with Gasteiger partial charge in [-0.2, -0.15) is 0 Å². The number of aromatic hydroxyl groups is 1. The topological polar surface area (TPSA) is 70.3 Å². The zero-order valence-corrected chi connectivity index (χ0v) is 18.9. The molecule has 2 aromatic heterocycles. The monoisotopic (exact) mass is 436 g/mol. The number of rotatable bonds is 4. The highest BCUT2D eigenvalue weighted by Gasteiger charge is 2.55. The average molecular weight is 437 g/mol. The Morgan fingerprint density at radius 3 is 2.66 bits per heavy atom. The molecule has 2 aliphatic heterocycles. The van der Waals surface area contributed by atoms with Crippen molar-refractivity contribution < 1.29 is 9.50 Å². The van der Waals surface area contributed by atoms with E-state index in [4.69, 9.17) is 0 Å². The van der Waals surface area contributed by atoms with Gasteiger partial charge >= 0.3 is 0 Å². The molecule has 1 saturated carbocycles. The number of alkyl halides is 1. The van der Waals surface area contributed by atoms with Crippen molar-refractivity contribution in [3.63, 3.8) is 0 Å². The maximum atomic E-state index is 15.5. The van der Waals surface area contributed by atoms with E-state index < -0.39 is 11.7 Å². The summed E-state index contributed by atoms with van der Waals surface area (Å²) in [4.78, 5) is 8.34. The zero-order chi connectivity index (χ0) is 22.6. The molecule has 3 aliphatic rings. The fraction of sp³-hybridized carbons (Fsp3) is 0.458. The third-order valence-corrected chi connectivity index (χ3v) is 7.50. The molecule has 1 aromatic carbocycles. The standard InChI is InChI=1S/C24H29FN6O/c1-15-12-31(14-26-15)17-5-6-18(20(32)11-17)19-7-8-21(28-27-19)30(4)22-16-9-10-24(2,23(22)25)29(3)13-16/h5-8,11-12,14,16,22-23,32H,9-10,13H2,1-4H3/t16?,22-,23+,24-/m0/s1. The van der Waals surface area contributed by atoms with Crippen LogP contribution in [0.25, 0.3) is 16.9 Å². The molecular weight excluding hydrogens is 407 g/mol. The summed E-state index contributed by atoms with van der Waals surface area (Å²) in [6.07, 6.45) is 4.57. The number of phenolic OH excluding ortho intramolecular Hbond substituents is 1. The van der Waals surface area contributed by atoms with Crippen molar-refractivity contribution in [3.8, 4) is 22.7 Å². The van der Waals surface area contributed by atoms with E-state index >= 15 is 4.39 Å². The van der Waals surface area contributed by atoms with E-state index in [1.54, 1.807) is 12.4 Å². The van der Waals surface area contributed by atoms with Crippen LogP contribution in [0.5, 0.6) is 5.75 Å². The number of phenols is 1. The number of benzene rings is 1. The predicted octanol–water partition coefficient (Wildman–Crippen LogP) is 3.60. The summed E-state index contributed by atoms with van der Waals surface area (Å²) in [6, 6.07) is 8.88. The Morgan fingerprint density at radius 2 is 2.03 bits per heavy atom. The second-order valence-corrected chi connectivity index (χ2v) is 9.44. The molecule has 0 spiro atoms. The first kappa shape index (κ1) is 20.9. The molecule has 0 amide bonds. The van der Waals surface area contributed by atoms with E-state index in [0.717, 1.165) is 30.8 Å². The van der Waals surface area contributed by atoms with Crippen LogP contribution >= 0.6 is 0 Å². The SMILES string of the molecule is Cc1cn(-c2ccc(-c3ccc(N(C)[C@H]4C5CC[C@@](C)([C@@H]4F)N(C)C5)nn3)c(O)c2)cn1. The molecule has 2 saturated heterocycles. The molecule has 3 fully saturated rings. The molecule has 32 heavy (non-hydrogen) atoms. The molecule has 8 heteroatoms. The molecule has 1 aliphatic carbocycles. The fourth-order valence-electron chi connectivity index (χ4n) is 5.34. The number of halogens is 1. The van der Waals surface area contributed by atoms with Gasteiger partial charge in [0, 0.05) is 31.4 Å². The van der Waals surface area contributed by atoms with Gasteiger partial charge in [0.15, 0.2) is 5.82 Å². The van der Waals surface area contributed by atoms with Crippen molar-refractivity contribution in [1.29, 1.82) is 0 Å². The maximum absolute atomic E-state index is 15.5. The Hall–Kier alpha value is -3.00. The quantitative estimate of drug-likeness (QED) is 0.674. The molecule has 3 aromatic rings. The Kier molecular flexibility index (Phi) is 4.93. The van der Waals surface area contributed by atoms with Crippen LogP contribution in [0.2, 0.25) is 0 Å². The highest BCUT2D eigenvalue weighted by Crippen LogP contribution is 2.46. The van der Waals surface area contributed by atoms with Crippen LogP contribution in [-0.4, -0.2) is 68.1 Å². The van der Waals surface area contributed by atoms with Gasteiger partial charge in [0.2, 0.25) is 0 Å². The number of imidazole rings is 1. The van der Waals surface area contributed by atoms with Crippen molar-refractivity contribution in [2.75, 3.05) is 25.5 Å². The van der Waals surface area contributed by atoms with Crippen LogP contribution in [0.1, 0.15) is 25.5 Å². The first-order valence-corrected chi connectivity index (χ1v) is 11.0. The molecule has 6 rings (SSSR count). The smallest absolute Gasteiger partial charge is 0.151 e. The van der Waals surface area contributed by atoms with Crippen LogP contribution in [-0.2, 0) is 0 Å². The lowest BCUT2D eigenvalue weighted by Gasteiger charge is -2.58. The summed E-state index contributed by atoms with van der Waals surface area (Å²) in [6.45, 7) is 4.84. The van der Waals surface area contributed by atoms with Crippen LogP contribution in [0.15, 0.2) is 42.9 Å². The van der Waals surface area contributed by atoms with Gasteiger partial charge in [-0.15, -0.1) is 10.2 Å². The van der Waals surface area contributed by atoms with Gasteiger partial charge in [-0.05, 0) is 63.9 Å². The minimum Gasteiger partial charge on any atom is -0.507 e. The Labute approximate surface area is 187 Å². The lowest BCUT2D eigenvalue weighted by atomic mass is 9.67. The lowest BCUT2D eigenvalue weighted by molar-refractivity contribution is -0.0816. The minimum absolute atomic E-state index is 0.119. The normalized spacial score (nSPS) is 27.6. The van der Waals surface area contributed by atoms with E-state index in [1.165, 1.54) is 0 Å². The summed E-state index contributed by atoms with van der Waals surface area (Å²) in [5.74, 6) is 1.03.